The number of piperidine rings is 1. The first kappa shape index (κ1) is 20.5. The van der Waals surface area contributed by atoms with Crippen LogP contribution in [0.2, 0.25) is 0 Å². The minimum absolute atomic E-state index is 0.0704. The number of aromatic nitrogens is 3. The largest absolute Gasteiger partial charge is 0.354 e. The number of aryl methyl sites for hydroxylation is 1. The van der Waals surface area contributed by atoms with Crippen LogP contribution in [-0.2, 0) is 21.7 Å². The van der Waals surface area contributed by atoms with E-state index in [1.165, 1.54) is 0 Å². The summed E-state index contributed by atoms with van der Waals surface area (Å²) in [6, 6.07) is 5.48. The molecule has 2 aliphatic rings. The Labute approximate surface area is 176 Å². The van der Waals surface area contributed by atoms with Gasteiger partial charge in [0.2, 0.25) is 0 Å². The summed E-state index contributed by atoms with van der Waals surface area (Å²) >= 11 is 0. The molecule has 2 amide bonds. The number of imidazole rings is 1. The predicted molar refractivity (Wildman–Crippen MR) is 111 cm³/mol. The van der Waals surface area contributed by atoms with Crippen molar-refractivity contribution in [2.75, 3.05) is 19.6 Å². The quantitative estimate of drug-likeness (QED) is 0.830. The zero-order chi connectivity index (χ0) is 21.3. The van der Waals surface area contributed by atoms with Gasteiger partial charge in [-0.15, -0.1) is 0 Å². The normalized spacial score (nSPS) is 20.3. The number of carbonyl (C=O) groups is 2. The fourth-order valence-electron chi connectivity index (χ4n) is 4.19. The van der Waals surface area contributed by atoms with E-state index in [1.807, 2.05) is 34.7 Å². The second-order valence-electron chi connectivity index (χ2n) is 8.60. The van der Waals surface area contributed by atoms with Gasteiger partial charge >= 0.3 is 0 Å². The molecule has 8 heteroatoms. The first-order chi connectivity index (χ1) is 14.4. The molecule has 0 aliphatic carbocycles. The number of nitrogens with one attached hydrogen (secondary N) is 1. The van der Waals surface area contributed by atoms with Crippen LogP contribution in [0.15, 0.2) is 30.6 Å². The van der Waals surface area contributed by atoms with E-state index < -0.39 is 11.7 Å². The maximum Gasteiger partial charge on any atom is 0.272 e. The molecule has 1 saturated heterocycles. The molecule has 0 aromatic carbocycles. The van der Waals surface area contributed by atoms with Crippen molar-refractivity contribution in [1.82, 2.24) is 24.8 Å². The van der Waals surface area contributed by atoms with E-state index in [4.69, 9.17) is 4.74 Å². The molecule has 0 saturated carbocycles. The van der Waals surface area contributed by atoms with Crippen LogP contribution in [0.3, 0.4) is 0 Å². The summed E-state index contributed by atoms with van der Waals surface area (Å²) in [5.41, 5.74) is 0.628. The maximum absolute atomic E-state index is 12.9. The first-order valence-corrected chi connectivity index (χ1v) is 10.6. The number of likely N-dealkylation sites (tertiary alicyclic amines) is 1. The molecule has 0 bridgehead atoms. The van der Waals surface area contributed by atoms with Crippen molar-refractivity contribution >= 4 is 11.8 Å². The van der Waals surface area contributed by atoms with Crippen LogP contribution in [0, 0.1) is 12.8 Å². The summed E-state index contributed by atoms with van der Waals surface area (Å²) < 4.78 is 8.41. The third-order valence-corrected chi connectivity index (χ3v) is 5.80. The molecule has 1 N–H and O–H groups in total. The summed E-state index contributed by atoms with van der Waals surface area (Å²) in [7, 11) is 0. The van der Waals surface area contributed by atoms with Gasteiger partial charge in [-0.25, -0.2) is 9.97 Å². The number of amides is 2. The fraction of sp³-hybridized carbons (Fsp3) is 0.545. The molecule has 1 atom stereocenters. The Balaban J connectivity index is 1.49. The Hall–Kier alpha value is -2.74. The van der Waals surface area contributed by atoms with Crippen molar-refractivity contribution in [3.05, 3.63) is 47.8 Å². The van der Waals surface area contributed by atoms with Crippen LogP contribution < -0.4 is 5.32 Å². The molecule has 8 nitrogen and oxygen atoms in total. The van der Waals surface area contributed by atoms with Gasteiger partial charge in [-0.1, -0.05) is 19.9 Å². The number of carbonyl (C=O) groups excluding carboxylic acids is 2. The van der Waals surface area contributed by atoms with Gasteiger partial charge < -0.3 is 19.5 Å². The van der Waals surface area contributed by atoms with E-state index in [1.54, 1.807) is 12.3 Å². The average molecular weight is 412 g/mol. The van der Waals surface area contributed by atoms with Gasteiger partial charge in [0.05, 0.1) is 6.54 Å². The summed E-state index contributed by atoms with van der Waals surface area (Å²) in [5, 5.41) is 2.98. The number of fused-ring (bicyclic) bond motifs is 2. The van der Waals surface area contributed by atoms with Crippen LogP contribution in [0.1, 0.15) is 48.7 Å². The Morgan fingerprint density at radius 1 is 1.30 bits per heavy atom. The van der Waals surface area contributed by atoms with Crippen molar-refractivity contribution in [2.45, 2.75) is 51.9 Å². The highest BCUT2D eigenvalue weighted by molar-refractivity contribution is 5.92. The number of hydrogen-bond donors (Lipinski definition) is 1. The lowest BCUT2D eigenvalue weighted by atomic mass is 9.88. The fourth-order valence-corrected chi connectivity index (χ4v) is 4.19. The van der Waals surface area contributed by atoms with Gasteiger partial charge in [-0.3, -0.25) is 9.59 Å². The topological polar surface area (TPSA) is 89.4 Å². The van der Waals surface area contributed by atoms with Crippen molar-refractivity contribution < 1.29 is 14.3 Å². The van der Waals surface area contributed by atoms with Gasteiger partial charge in [0.25, 0.3) is 11.8 Å². The number of nitrogens with zero attached hydrogens (tertiary/aromatic N) is 4. The van der Waals surface area contributed by atoms with Crippen LogP contribution >= 0.6 is 0 Å². The number of ether oxygens (including phenoxy) is 1. The van der Waals surface area contributed by atoms with Gasteiger partial charge in [-0.2, -0.15) is 0 Å². The average Bonchev–Trinajstić information content (AvgIpc) is 3.22. The van der Waals surface area contributed by atoms with Gasteiger partial charge in [0, 0.05) is 50.6 Å². The molecule has 0 unspecified atom stereocenters. The molecule has 1 fully saturated rings. The molecular weight excluding hydrogens is 382 g/mol. The van der Waals surface area contributed by atoms with E-state index in [0.29, 0.717) is 50.6 Å². The lowest BCUT2D eigenvalue weighted by molar-refractivity contribution is -0.172. The van der Waals surface area contributed by atoms with E-state index in [0.717, 1.165) is 11.5 Å². The third-order valence-electron chi connectivity index (χ3n) is 5.80. The Bertz CT molecular complexity index is 930. The number of hydrogen-bond acceptors (Lipinski definition) is 5. The smallest absolute Gasteiger partial charge is 0.272 e. The van der Waals surface area contributed by atoms with Crippen LogP contribution in [0.5, 0.6) is 0 Å². The second-order valence-corrected chi connectivity index (χ2v) is 8.60. The van der Waals surface area contributed by atoms with Crippen molar-refractivity contribution in [1.29, 1.82) is 0 Å². The Morgan fingerprint density at radius 3 is 2.77 bits per heavy atom. The molecule has 4 rings (SSSR count). The third kappa shape index (κ3) is 3.96. The Morgan fingerprint density at radius 2 is 2.07 bits per heavy atom. The van der Waals surface area contributed by atoms with E-state index in [-0.39, 0.29) is 11.8 Å². The van der Waals surface area contributed by atoms with Gasteiger partial charge in [-0.05, 0) is 25.0 Å². The summed E-state index contributed by atoms with van der Waals surface area (Å²) in [4.78, 5) is 36.3. The van der Waals surface area contributed by atoms with Gasteiger partial charge in [0.15, 0.2) is 6.10 Å². The van der Waals surface area contributed by atoms with Crippen LogP contribution in [0.25, 0.3) is 0 Å². The summed E-state index contributed by atoms with van der Waals surface area (Å²) in [6.07, 6.45) is 4.27. The highest BCUT2D eigenvalue weighted by atomic mass is 16.5. The summed E-state index contributed by atoms with van der Waals surface area (Å²) in [6.45, 7) is 8.14. The lowest BCUT2D eigenvalue weighted by Gasteiger charge is -2.45. The zero-order valence-electron chi connectivity index (χ0n) is 17.8. The monoisotopic (exact) mass is 411 g/mol. The molecule has 1 spiro atoms. The minimum atomic E-state index is -0.654. The molecule has 2 aromatic rings. The van der Waals surface area contributed by atoms with Crippen molar-refractivity contribution in [3.63, 3.8) is 0 Å². The SMILES string of the molecule is Cc1cccc(C(=O)N2CCC3(CC2)O[C@H](C(=O)NCC(C)C)Cn2ccnc23)n1. The molecular formula is C22H29N5O3. The van der Waals surface area contributed by atoms with Gasteiger partial charge in [0.1, 0.15) is 17.1 Å². The lowest BCUT2D eigenvalue weighted by Crippen LogP contribution is -2.55. The molecule has 30 heavy (non-hydrogen) atoms. The van der Waals surface area contributed by atoms with Crippen molar-refractivity contribution in [3.8, 4) is 0 Å². The van der Waals surface area contributed by atoms with Crippen molar-refractivity contribution in [2.24, 2.45) is 5.92 Å². The zero-order valence-corrected chi connectivity index (χ0v) is 17.8. The number of pyridine rings is 1. The molecule has 2 aliphatic heterocycles. The van der Waals surface area contributed by atoms with E-state index >= 15 is 0 Å². The molecule has 4 heterocycles. The first-order valence-electron chi connectivity index (χ1n) is 10.6. The second kappa shape index (κ2) is 8.18. The molecule has 160 valence electrons. The maximum atomic E-state index is 12.9. The predicted octanol–water partition coefficient (Wildman–Crippen LogP) is 1.89. The van der Waals surface area contributed by atoms with E-state index in [9.17, 15) is 9.59 Å². The van der Waals surface area contributed by atoms with E-state index in [2.05, 4.69) is 29.1 Å². The molecule has 0 radical (unpaired) electrons. The highest BCUT2D eigenvalue weighted by Gasteiger charge is 2.47. The minimum Gasteiger partial charge on any atom is -0.354 e. The number of rotatable bonds is 4. The Kier molecular flexibility index (Phi) is 5.60. The molecule has 2 aromatic heterocycles. The van der Waals surface area contributed by atoms with Crippen LogP contribution in [0.4, 0.5) is 0 Å². The standard InChI is InChI=1S/C22H29N5O3/c1-15(2)13-24-19(28)18-14-27-12-9-23-21(27)22(30-18)7-10-26(11-8-22)20(29)17-6-4-5-16(3)25-17/h4-6,9,12,15,18H,7-8,10-11,13-14H2,1-3H3,(H,24,28)/t18-/m0/s1. The highest BCUT2D eigenvalue weighted by Crippen LogP contribution is 2.40. The summed E-state index contributed by atoms with van der Waals surface area (Å²) in [5.74, 6) is 1.06. The van der Waals surface area contributed by atoms with Crippen LogP contribution in [-0.4, -0.2) is 57.0 Å².